The van der Waals surface area contributed by atoms with Crippen LogP contribution >= 0.6 is 0 Å². The van der Waals surface area contributed by atoms with Gasteiger partial charge in [0.2, 0.25) is 10.4 Å². The summed E-state index contributed by atoms with van der Waals surface area (Å²) in [4.78, 5) is 0. The van der Waals surface area contributed by atoms with E-state index >= 15 is 0 Å². The number of aliphatic hydroxyl groups is 8. The van der Waals surface area contributed by atoms with Crippen LogP contribution < -0.4 is 0 Å². The van der Waals surface area contributed by atoms with Crippen LogP contribution in [0.15, 0.2) is 0 Å². The van der Waals surface area contributed by atoms with Crippen LogP contribution in [0.5, 0.6) is 0 Å². The second kappa shape index (κ2) is 9.90. The highest BCUT2D eigenvalue weighted by Crippen LogP contribution is 2.28. The van der Waals surface area contributed by atoms with Crippen LogP contribution in [0, 0.1) is 0 Å². The van der Waals surface area contributed by atoms with E-state index in [1.54, 1.807) is 0 Å². The summed E-state index contributed by atoms with van der Waals surface area (Å²) in [7, 11) is -6.55. The monoisotopic (exact) mass is 424 g/mol. The normalized spacial score (nSPS) is 32.8. The van der Waals surface area contributed by atoms with Crippen LogP contribution in [0.25, 0.3) is 0 Å². The summed E-state index contributed by atoms with van der Waals surface area (Å²) >= 11 is 0. The number of rotatable bonds is 10. The molecule has 1 saturated heterocycles. The molecule has 0 radical (unpaired) electrons. The Morgan fingerprint density at radius 3 is 2.12 bits per heavy atom. The van der Waals surface area contributed by atoms with E-state index in [0.717, 1.165) is 0 Å². The summed E-state index contributed by atoms with van der Waals surface area (Å²) in [5.41, 5.74) is 0. The molecular weight excluding hydrogens is 400 g/mol. The van der Waals surface area contributed by atoms with E-state index in [4.69, 9.17) is 10.2 Å². The van der Waals surface area contributed by atoms with Gasteiger partial charge in [0.1, 0.15) is 54.2 Å². The first kappa shape index (κ1) is 23.9. The largest absolute Gasteiger partial charge is 0.726 e. The molecule has 8 N–H and O–H groups in total. The Kier molecular flexibility index (Phi) is 9.12. The van der Waals surface area contributed by atoms with Gasteiger partial charge in [0.15, 0.2) is 5.25 Å². The van der Waals surface area contributed by atoms with Gasteiger partial charge in [0, 0.05) is 10.9 Å². The molecule has 1 unspecified atom stereocenters. The topological polar surface area (TPSA) is 228 Å². The first-order valence-corrected chi connectivity index (χ1v) is 10.5. The zero-order valence-electron chi connectivity index (χ0n) is 13.5. The molecule has 1 aliphatic heterocycles. The van der Waals surface area contributed by atoms with Gasteiger partial charge in [0.25, 0.3) is 0 Å². The number of hydrogen-bond acceptors (Lipinski definition) is 12. The van der Waals surface area contributed by atoms with Crippen molar-refractivity contribution >= 4 is 21.3 Å². The quantitative estimate of drug-likeness (QED) is 0.0931. The fraction of sp³-hybridized carbons (Fsp3) is 1.00. The average molecular weight is 424 g/mol. The fourth-order valence-corrected chi connectivity index (χ4v) is 6.17. The third-order valence-electron chi connectivity index (χ3n) is 3.98. The zero-order valence-corrected chi connectivity index (χ0v) is 15.1. The smallest absolute Gasteiger partial charge is 0.218 e. The van der Waals surface area contributed by atoms with Gasteiger partial charge in [-0.15, -0.1) is 0 Å². The van der Waals surface area contributed by atoms with Gasteiger partial charge < -0.3 is 45.4 Å². The predicted molar refractivity (Wildman–Crippen MR) is 85.7 cm³/mol. The highest BCUT2D eigenvalue weighted by atomic mass is 32.3. The molecule has 0 bridgehead atoms. The molecule has 156 valence electrons. The molecule has 0 saturated carbocycles. The maximum absolute atomic E-state index is 10.8. The van der Waals surface area contributed by atoms with Crippen molar-refractivity contribution in [2.24, 2.45) is 0 Å². The van der Waals surface area contributed by atoms with Crippen molar-refractivity contribution < 1.29 is 58.0 Å². The summed E-state index contributed by atoms with van der Waals surface area (Å²) in [6, 6.07) is 0. The lowest BCUT2D eigenvalue weighted by atomic mass is 10.0. The summed E-state index contributed by atoms with van der Waals surface area (Å²) in [6.45, 7) is -1.75. The van der Waals surface area contributed by atoms with E-state index in [-0.39, 0.29) is 5.75 Å². The van der Waals surface area contributed by atoms with E-state index in [1.807, 2.05) is 0 Å². The van der Waals surface area contributed by atoms with Crippen LogP contribution in [-0.2, 0) is 25.5 Å². The Hall–Kier alpha value is -0.100. The van der Waals surface area contributed by atoms with Gasteiger partial charge >= 0.3 is 0 Å². The summed E-state index contributed by atoms with van der Waals surface area (Å²) in [5.74, 6) is -0.527. The van der Waals surface area contributed by atoms with Crippen LogP contribution in [-0.4, -0.2) is 127 Å². The first-order valence-electron chi connectivity index (χ1n) is 7.53. The Morgan fingerprint density at radius 1 is 1.08 bits per heavy atom. The van der Waals surface area contributed by atoms with Crippen molar-refractivity contribution in [3.63, 3.8) is 0 Å². The summed E-state index contributed by atoms with van der Waals surface area (Å²) in [5, 5.41) is 75.8. The van der Waals surface area contributed by atoms with Crippen molar-refractivity contribution in [1.29, 1.82) is 0 Å². The second-order valence-corrected chi connectivity index (χ2v) is 9.22. The van der Waals surface area contributed by atoms with Crippen LogP contribution in [0.1, 0.15) is 0 Å². The minimum absolute atomic E-state index is 0.102. The molecule has 0 spiro atoms. The zero-order chi connectivity index (χ0) is 20.2. The highest BCUT2D eigenvalue weighted by molar-refractivity contribution is 7.97. The van der Waals surface area contributed by atoms with Crippen molar-refractivity contribution in [2.75, 3.05) is 24.7 Å². The van der Waals surface area contributed by atoms with Crippen LogP contribution in [0.4, 0.5) is 0 Å². The van der Waals surface area contributed by atoms with Crippen molar-refractivity contribution in [3.05, 3.63) is 0 Å². The van der Waals surface area contributed by atoms with E-state index in [0.29, 0.717) is 0 Å². The Bertz CT molecular complexity index is 530. The van der Waals surface area contributed by atoms with E-state index in [9.17, 15) is 43.6 Å². The number of aliphatic hydroxyl groups excluding tert-OH is 8. The van der Waals surface area contributed by atoms with Crippen molar-refractivity contribution in [2.45, 2.75) is 48.0 Å². The molecule has 14 heteroatoms. The lowest BCUT2D eigenvalue weighted by Crippen LogP contribution is -2.52. The molecular formula is C12H24O12S2. The van der Waals surface area contributed by atoms with Crippen LogP contribution in [0.2, 0.25) is 0 Å². The van der Waals surface area contributed by atoms with Gasteiger partial charge in [-0.3, -0.25) is 4.18 Å². The average Bonchev–Trinajstić information content (AvgIpc) is 2.83. The van der Waals surface area contributed by atoms with Crippen molar-refractivity contribution in [3.8, 4) is 0 Å². The molecule has 0 aliphatic carbocycles. The van der Waals surface area contributed by atoms with Crippen LogP contribution in [0.3, 0.4) is 0 Å². The van der Waals surface area contributed by atoms with Gasteiger partial charge in [0.05, 0.1) is 13.2 Å². The molecule has 12 nitrogen and oxygen atoms in total. The third-order valence-corrected chi connectivity index (χ3v) is 7.34. The molecule has 1 heterocycles. The Balaban J connectivity index is 2.98. The molecule has 9 atom stereocenters. The first-order chi connectivity index (χ1) is 11.9. The lowest BCUT2D eigenvalue weighted by molar-refractivity contribution is -0.100. The van der Waals surface area contributed by atoms with Crippen molar-refractivity contribution in [1.82, 2.24) is 0 Å². The third kappa shape index (κ3) is 6.22. The molecule has 1 fully saturated rings. The van der Waals surface area contributed by atoms with Gasteiger partial charge in [-0.25, -0.2) is 8.42 Å². The molecule has 0 aromatic heterocycles. The SMILES string of the molecule is O=S(=O)([O-])O[C@@H]([C@H](O)[C@H](O)CO)[C@@H](O)C[S+]1C[C@@H](O)[C@@H](O)[C@@H]1[C@H](O)CO. The maximum Gasteiger partial charge on any atom is 0.218 e. The standard InChI is InChI=1S/C12H24O12S2/c13-1-5(15)9(19)11(24-26(21,22)23)8(18)4-25-3-7(17)10(20)12(25)6(16)2-14/h5-20H,1-4H2/t5-,6-,7-,8+,9-,10-,11-,12+,25?/m1/s1. The molecule has 0 amide bonds. The number of hydrogen-bond donors (Lipinski definition) is 8. The minimum atomic E-state index is -5.39. The second-order valence-electron chi connectivity index (χ2n) is 5.92. The molecule has 0 aromatic rings. The van der Waals surface area contributed by atoms with E-state index in [1.165, 1.54) is 0 Å². The van der Waals surface area contributed by atoms with Gasteiger partial charge in [-0.05, 0) is 0 Å². The predicted octanol–water partition coefficient (Wildman–Crippen LogP) is -6.02. The molecule has 0 aromatic carbocycles. The van der Waals surface area contributed by atoms with Gasteiger partial charge in [-0.2, -0.15) is 0 Å². The fourth-order valence-electron chi connectivity index (χ4n) is 2.70. The molecule has 26 heavy (non-hydrogen) atoms. The highest BCUT2D eigenvalue weighted by Gasteiger charge is 2.54. The lowest BCUT2D eigenvalue weighted by Gasteiger charge is -2.30. The van der Waals surface area contributed by atoms with E-state index < -0.39 is 88.2 Å². The van der Waals surface area contributed by atoms with E-state index in [2.05, 4.69) is 4.18 Å². The summed E-state index contributed by atoms with van der Waals surface area (Å²) in [6.07, 6.45) is -12.2. The Labute approximate surface area is 152 Å². The van der Waals surface area contributed by atoms with Gasteiger partial charge in [-0.1, -0.05) is 0 Å². The molecule has 1 rings (SSSR count). The molecule has 1 aliphatic rings. The minimum Gasteiger partial charge on any atom is -0.726 e. The maximum atomic E-state index is 10.8. The Morgan fingerprint density at radius 2 is 1.65 bits per heavy atom. The summed E-state index contributed by atoms with van der Waals surface area (Å²) < 4.78 is 36.6.